The summed E-state index contributed by atoms with van der Waals surface area (Å²) in [5.41, 5.74) is 8.71. The largest absolute Gasteiger partial charge is 0.479 e. The lowest BCUT2D eigenvalue weighted by molar-refractivity contribution is 0.397. The fraction of sp³-hybridized carbons (Fsp3) is 0.188. The predicted molar refractivity (Wildman–Crippen MR) is 89.4 cm³/mol. The maximum atomic E-state index is 6.05. The van der Waals surface area contributed by atoms with Crippen molar-refractivity contribution in [3.05, 3.63) is 53.0 Å². The zero-order valence-corrected chi connectivity index (χ0v) is 13.2. The molecule has 6 heteroatoms. The highest BCUT2D eigenvalue weighted by Gasteiger charge is 2.11. The first-order chi connectivity index (χ1) is 10.7. The standard InChI is InChI=1S/C16H17ClN4O/c1-19-9-11(8-18)6-14-10-20-16(22-2)15(21-14)12-4-3-5-13(17)7-12/h3-5,7-10H,6,18H2,1-2H3. The van der Waals surface area contributed by atoms with Gasteiger partial charge in [0.2, 0.25) is 5.88 Å². The minimum absolute atomic E-state index is 0.452. The Morgan fingerprint density at radius 1 is 1.45 bits per heavy atom. The zero-order valence-electron chi connectivity index (χ0n) is 12.5. The molecule has 0 saturated heterocycles. The van der Waals surface area contributed by atoms with Crippen LogP contribution in [0.4, 0.5) is 0 Å². The average Bonchev–Trinajstić information content (AvgIpc) is 2.54. The normalized spacial score (nSPS) is 11.9. The molecule has 0 fully saturated rings. The van der Waals surface area contributed by atoms with E-state index in [0.717, 1.165) is 16.8 Å². The van der Waals surface area contributed by atoms with Crippen molar-refractivity contribution < 1.29 is 4.74 Å². The van der Waals surface area contributed by atoms with Gasteiger partial charge >= 0.3 is 0 Å². The van der Waals surface area contributed by atoms with Gasteiger partial charge in [0, 0.05) is 30.3 Å². The first-order valence-electron chi connectivity index (χ1n) is 6.66. The van der Waals surface area contributed by atoms with Crippen LogP contribution in [0, 0.1) is 0 Å². The number of hydrogen-bond acceptors (Lipinski definition) is 5. The van der Waals surface area contributed by atoms with Gasteiger partial charge in [0.15, 0.2) is 0 Å². The van der Waals surface area contributed by atoms with E-state index in [4.69, 9.17) is 22.1 Å². The molecule has 0 radical (unpaired) electrons. The molecule has 1 aromatic carbocycles. The van der Waals surface area contributed by atoms with E-state index in [1.165, 1.54) is 6.20 Å². The Morgan fingerprint density at radius 3 is 2.91 bits per heavy atom. The van der Waals surface area contributed by atoms with Crippen LogP contribution in [0.5, 0.6) is 5.88 Å². The molecule has 0 unspecified atom stereocenters. The van der Waals surface area contributed by atoms with Gasteiger partial charge in [-0.15, -0.1) is 0 Å². The molecule has 2 N–H and O–H groups in total. The van der Waals surface area contributed by atoms with Gasteiger partial charge in [0.25, 0.3) is 0 Å². The summed E-state index contributed by atoms with van der Waals surface area (Å²) < 4.78 is 5.29. The summed E-state index contributed by atoms with van der Waals surface area (Å²) in [7, 11) is 3.26. The quantitative estimate of drug-likeness (QED) is 0.861. The lowest BCUT2D eigenvalue weighted by atomic mass is 10.1. The molecule has 22 heavy (non-hydrogen) atoms. The van der Waals surface area contributed by atoms with Crippen molar-refractivity contribution in [1.29, 1.82) is 0 Å². The summed E-state index contributed by atoms with van der Waals surface area (Å²) in [6.07, 6.45) is 5.42. The number of nitrogens with two attached hydrogens (primary N) is 1. The first-order valence-corrected chi connectivity index (χ1v) is 7.04. The van der Waals surface area contributed by atoms with Crippen LogP contribution in [-0.2, 0) is 6.42 Å². The van der Waals surface area contributed by atoms with Gasteiger partial charge in [-0.1, -0.05) is 23.7 Å². The zero-order chi connectivity index (χ0) is 15.9. The van der Waals surface area contributed by atoms with Crippen LogP contribution in [0.15, 0.2) is 47.2 Å². The second-order valence-corrected chi connectivity index (χ2v) is 4.97. The molecule has 0 atom stereocenters. The molecular formula is C16H17ClN4O. The van der Waals surface area contributed by atoms with Crippen LogP contribution in [0.1, 0.15) is 5.69 Å². The number of rotatable bonds is 5. The Balaban J connectivity index is 2.42. The molecule has 0 bridgehead atoms. The summed E-state index contributed by atoms with van der Waals surface area (Å²) in [4.78, 5) is 12.9. The predicted octanol–water partition coefficient (Wildman–Crippen LogP) is 2.89. The van der Waals surface area contributed by atoms with E-state index in [1.54, 1.807) is 26.6 Å². The van der Waals surface area contributed by atoms with Crippen LogP contribution in [0.25, 0.3) is 11.3 Å². The van der Waals surface area contributed by atoms with Gasteiger partial charge in [0.05, 0.1) is 19.0 Å². The monoisotopic (exact) mass is 316 g/mol. The van der Waals surface area contributed by atoms with Crippen LogP contribution in [-0.4, -0.2) is 30.3 Å². The molecule has 0 aliphatic rings. The highest BCUT2D eigenvalue weighted by Crippen LogP contribution is 2.28. The van der Waals surface area contributed by atoms with Crippen molar-refractivity contribution in [1.82, 2.24) is 9.97 Å². The minimum atomic E-state index is 0.452. The summed E-state index contributed by atoms with van der Waals surface area (Å²) in [6.45, 7) is 0. The number of methoxy groups -OCH3 is 1. The fourth-order valence-electron chi connectivity index (χ4n) is 2.00. The number of benzene rings is 1. The summed E-state index contributed by atoms with van der Waals surface area (Å²) >= 11 is 6.05. The third kappa shape index (κ3) is 3.83. The smallest absolute Gasteiger partial charge is 0.240 e. The van der Waals surface area contributed by atoms with Gasteiger partial charge in [0.1, 0.15) is 5.69 Å². The van der Waals surface area contributed by atoms with Crippen LogP contribution < -0.4 is 10.5 Å². The maximum Gasteiger partial charge on any atom is 0.240 e. The number of nitrogens with zero attached hydrogens (tertiary/aromatic N) is 3. The highest BCUT2D eigenvalue weighted by molar-refractivity contribution is 6.30. The number of aliphatic imine (C=N–C) groups is 1. The minimum Gasteiger partial charge on any atom is -0.479 e. The second kappa shape index (κ2) is 7.56. The van der Waals surface area contributed by atoms with Gasteiger partial charge < -0.3 is 10.5 Å². The van der Waals surface area contributed by atoms with Crippen molar-refractivity contribution in [2.45, 2.75) is 6.42 Å². The number of allylic oxidation sites excluding steroid dienone is 1. The number of aromatic nitrogens is 2. The average molecular weight is 317 g/mol. The number of hydrogen-bond donors (Lipinski definition) is 1. The van der Waals surface area contributed by atoms with E-state index in [0.29, 0.717) is 23.0 Å². The molecule has 0 spiro atoms. The van der Waals surface area contributed by atoms with Crippen LogP contribution in [0.3, 0.4) is 0 Å². The lowest BCUT2D eigenvalue weighted by Crippen LogP contribution is -2.02. The first kappa shape index (κ1) is 16.0. The Morgan fingerprint density at radius 2 is 2.27 bits per heavy atom. The van der Waals surface area contributed by atoms with E-state index in [-0.39, 0.29) is 0 Å². The second-order valence-electron chi connectivity index (χ2n) is 4.54. The van der Waals surface area contributed by atoms with E-state index >= 15 is 0 Å². The van der Waals surface area contributed by atoms with Crippen LogP contribution >= 0.6 is 11.6 Å². The van der Waals surface area contributed by atoms with Crippen molar-refractivity contribution in [3.8, 4) is 17.1 Å². The van der Waals surface area contributed by atoms with Crippen LogP contribution in [0.2, 0.25) is 5.02 Å². The van der Waals surface area contributed by atoms with Crippen molar-refractivity contribution >= 4 is 17.8 Å². The summed E-state index contributed by atoms with van der Waals surface area (Å²) in [6, 6.07) is 7.41. The lowest BCUT2D eigenvalue weighted by Gasteiger charge is -2.09. The molecule has 0 aliphatic carbocycles. The van der Waals surface area contributed by atoms with E-state index in [9.17, 15) is 0 Å². The molecule has 5 nitrogen and oxygen atoms in total. The van der Waals surface area contributed by atoms with E-state index in [2.05, 4.69) is 15.0 Å². The molecule has 1 aromatic heterocycles. The van der Waals surface area contributed by atoms with Gasteiger partial charge in [-0.3, -0.25) is 4.99 Å². The third-order valence-corrected chi connectivity index (χ3v) is 3.21. The van der Waals surface area contributed by atoms with Crippen molar-refractivity contribution in [2.75, 3.05) is 14.2 Å². The SMILES string of the molecule is CN=CC(=CN)Cc1cnc(OC)c(-c2cccc(Cl)c2)n1. The van der Waals surface area contributed by atoms with Crippen molar-refractivity contribution in [2.24, 2.45) is 10.7 Å². The van der Waals surface area contributed by atoms with Gasteiger partial charge in [-0.25, -0.2) is 9.97 Å². The van der Waals surface area contributed by atoms with Gasteiger partial charge in [-0.2, -0.15) is 0 Å². The molecule has 2 aromatic rings. The maximum absolute atomic E-state index is 6.05. The summed E-state index contributed by atoms with van der Waals surface area (Å²) in [5.74, 6) is 0.452. The number of ether oxygens (including phenoxy) is 1. The third-order valence-electron chi connectivity index (χ3n) is 2.97. The molecule has 0 amide bonds. The fourth-order valence-corrected chi connectivity index (χ4v) is 2.19. The van der Waals surface area contributed by atoms with Gasteiger partial charge in [-0.05, 0) is 23.9 Å². The molecule has 114 valence electrons. The highest BCUT2D eigenvalue weighted by atomic mass is 35.5. The molecular weight excluding hydrogens is 300 g/mol. The molecule has 2 rings (SSSR count). The Hall–Kier alpha value is -2.40. The Labute approximate surface area is 134 Å². The van der Waals surface area contributed by atoms with E-state index in [1.807, 2.05) is 24.3 Å². The Kier molecular flexibility index (Phi) is 5.49. The Bertz CT molecular complexity index is 713. The topological polar surface area (TPSA) is 73.4 Å². The van der Waals surface area contributed by atoms with Crippen molar-refractivity contribution in [3.63, 3.8) is 0 Å². The number of halogens is 1. The van der Waals surface area contributed by atoms with E-state index < -0.39 is 0 Å². The molecule has 0 aliphatic heterocycles. The molecule has 0 saturated carbocycles. The summed E-state index contributed by atoms with van der Waals surface area (Å²) in [5, 5.41) is 0.632. The molecule has 1 heterocycles.